The highest BCUT2D eigenvalue weighted by Gasteiger charge is 2.21. The third-order valence-corrected chi connectivity index (χ3v) is 2.78. The summed E-state index contributed by atoms with van der Waals surface area (Å²) in [5.74, 6) is -1.43. The van der Waals surface area contributed by atoms with E-state index in [2.05, 4.69) is 4.98 Å². The summed E-state index contributed by atoms with van der Waals surface area (Å²) in [7, 11) is 0. The summed E-state index contributed by atoms with van der Waals surface area (Å²) in [5, 5.41) is 29.4. The molecule has 1 heterocycles. The van der Waals surface area contributed by atoms with Gasteiger partial charge in [-0.05, 0) is 5.56 Å². The van der Waals surface area contributed by atoms with Crippen LogP contribution in [0.25, 0.3) is 10.9 Å². The number of hydrogen-bond acceptors (Lipinski definition) is 5. The Balaban J connectivity index is 2.57. The van der Waals surface area contributed by atoms with Gasteiger partial charge in [0.2, 0.25) is 0 Å². The standard InChI is InChI=1S/C11H11N3O5/c12-7(11(16)17)1-5-4-13-8-2-6(15)3-9(10(5)8)14(18)19/h2-4,7,13,15H,1,12H2,(H,16,17)/t7-/m0/s1. The van der Waals surface area contributed by atoms with E-state index in [9.17, 15) is 20.0 Å². The number of nitrogens with zero attached hydrogens (tertiary/aromatic N) is 1. The first-order valence-corrected chi connectivity index (χ1v) is 5.36. The number of benzene rings is 1. The maximum Gasteiger partial charge on any atom is 0.320 e. The lowest BCUT2D eigenvalue weighted by molar-refractivity contribution is -0.383. The molecular formula is C11H11N3O5. The molecule has 2 aromatic rings. The van der Waals surface area contributed by atoms with Gasteiger partial charge in [-0.3, -0.25) is 14.9 Å². The van der Waals surface area contributed by atoms with Gasteiger partial charge >= 0.3 is 5.97 Å². The normalized spacial score (nSPS) is 12.5. The number of aliphatic carboxylic acids is 1. The van der Waals surface area contributed by atoms with Crippen molar-refractivity contribution in [3.63, 3.8) is 0 Å². The van der Waals surface area contributed by atoms with Crippen molar-refractivity contribution in [1.82, 2.24) is 4.98 Å². The van der Waals surface area contributed by atoms with Crippen LogP contribution >= 0.6 is 0 Å². The highest BCUT2D eigenvalue weighted by molar-refractivity contribution is 5.93. The van der Waals surface area contributed by atoms with Crippen LogP contribution in [0, 0.1) is 10.1 Å². The number of aromatic hydroxyl groups is 1. The Bertz CT molecular complexity index is 664. The number of carboxylic acid groups (broad SMARTS) is 1. The number of nitro benzene ring substituents is 1. The third kappa shape index (κ3) is 2.33. The van der Waals surface area contributed by atoms with Crippen LogP contribution in [-0.4, -0.2) is 32.1 Å². The predicted molar refractivity (Wildman–Crippen MR) is 65.9 cm³/mol. The molecule has 100 valence electrons. The van der Waals surface area contributed by atoms with Crippen LogP contribution < -0.4 is 5.73 Å². The number of phenols is 1. The summed E-state index contributed by atoms with van der Waals surface area (Å²) >= 11 is 0. The molecule has 8 heteroatoms. The van der Waals surface area contributed by atoms with E-state index in [0.29, 0.717) is 11.1 Å². The van der Waals surface area contributed by atoms with Gasteiger partial charge in [0.25, 0.3) is 5.69 Å². The molecule has 1 atom stereocenters. The molecule has 5 N–H and O–H groups in total. The fraction of sp³-hybridized carbons (Fsp3) is 0.182. The fourth-order valence-electron chi connectivity index (χ4n) is 1.93. The number of carbonyl (C=O) groups is 1. The number of non-ortho nitro benzene ring substituents is 1. The van der Waals surface area contributed by atoms with E-state index < -0.39 is 16.9 Å². The van der Waals surface area contributed by atoms with Gasteiger partial charge in [0.05, 0.1) is 21.9 Å². The summed E-state index contributed by atoms with van der Waals surface area (Å²) in [6, 6.07) is 1.21. The summed E-state index contributed by atoms with van der Waals surface area (Å²) < 4.78 is 0. The average Bonchev–Trinajstić information content (AvgIpc) is 2.70. The molecule has 1 aromatic carbocycles. The summed E-state index contributed by atoms with van der Waals surface area (Å²) in [5.41, 5.74) is 5.92. The molecular weight excluding hydrogens is 254 g/mol. The number of phenolic OH excluding ortho intramolecular Hbond substituents is 1. The van der Waals surface area contributed by atoms with E-state index in [1.54, 1.807) is 0 Å². The lowest BCUT2D eigenvalue weighted by atomic mass is 10.0. The van der Waals surface area contributed by atoms with Crippen LogP contribution in [0.3, 0.4) is 0 Å². The van der Waals surface area contributed by atoms with E-state index >= 15 is 0 Å². The van der Waals surface area contributed by atoms with Gasteiger partial charge in [0, 0.05) is 18.7 Å². The maximum atomic E-state index is 11.0. The van der Waals surface area contributed by atoms with Gasteiger partial charge in [-0.15, -0.1) is 0 Å². The van der Waals surface area contributed by atoms with Gasteiger partial charge in [-0.2, -0.15) is 0 Å². The van der Waals surface area contributed by atoms with Crippen molar-refractivity contribution in [2.75, 3.05) is 0 Å². The van der Waals surface area contributed by atoms with Crippen molar-refractivity contribution >= 4 is 22.6 Å². The molecule has 0 unspecified atom stereocenters. The number of hydrogen-bond donors (Lipinski definition) is 4. The van der Waals surface area contributed by atoms with Crippen LogP contribution in [0.1, 0.15) is 5.56 Å². The van der Waals surface area contributed by atoms with E-state index in [4.69, 9.17) is 10.8 Å². The Morgan fingerprint density at radius 2 is 2.21 bits per heavy atom. The quantitative estimate of drug-likeness (QED) is 0.474. The Hall–Kier alpha value is -2.61. The molecule has 0 radical (unpaired) electrons. The largest absolute Gasteiger partial charge is 0.508 e. The van der Waals surface area contributed by atoms with Crippen molar-refractivity contribution in [3.8, 4) is 5.75 Å². The van der Waals surface area contributed by atoms with Crippen molar-refractivity contribution in [2.45, 2.75) is 12.5 Å². The lowest BCUT2D eigenvalue weighted by Gasteiger charge is -2.05. The van der Waals surface area contributed by atoms with Crippen molar-refractivity contribution in [3.05, 3.63) is 34.0 Å². The van der Waals surface area contributed by atoms with Crippen molar-refractivity contribution in [2.24, 2.45) is 5.73 Å². The summed E-state index contributed by atoms with van der Waals surface area (Å²) in [6.45, 7) is 0. The van der Waals surface area contributed by atoms with Crippen LogP contribution in [0.4, 0.5) is 5.69 Å². The molecule has 0 amide bonds. The average molecular weight is 265 g/mol. The number of nitrogens with two attached hydrogens (primary N) is 1. The van der Waals surface area contributed by atoms with Gasteiger partial charge in [-0.25, -0.2) is 0 Å². The highest BCUT2D eigenvalue weighted by atomic mass is 16.6. The molecule has 0 aliphatic rings. The van der Waals surface area contributed by atoms with E-state index in [0.717, 1.165) is 6.07 Å². The first-order valence-electron chi connectivity index (χ1n) is 5.36. The smallest absolute Gasteiger partial charge is 0.320 e. The number of aromatic amines is 1. The number of nitrogens with one attached hydrogen (secondary N) is 1. The minimum atomic E-state index is -1.18. The molecule has 0 aliphatic heterocycles. The van der Waals surface area contributed by atoms with Gasteiger partial charge in [0.1, 0.15) is 11.8 Å². The van der Waals surface area contributed by atoms with E-state index in [1.807, 2.05) is 0 Å². The molecule has 1 aromatic heterocycles. The molecule has 0 saturated heterocycles. The Kier molecular flexibility index (Phi) is 3.09. The van der Waals surface area contributed by atoms with E-state index in [-0.39, 0.29) is 23.2 Å². The number of rotatable bonds is 4. The molecule has 0 aliphatic carbocycles. The molecule has 0 bridgehead atoms. The van der Waals surface area contributed by atoms with Gasteiger partial charge in [-0.1, -0.05) is 0 Å². The number of nitro groups is 1. The predicted octanol–water partition coefficient (Wildman–Crippen LogP) is 0.736. The lowest BCUT2D eigenvalue weighted by Crippen LogP contribution is -2.32. The topological polar surface area (TPSA) is 142 Å². The zero-order valence-corrected chi connectivity index (χ0v) is 9.66. The van der Waals surface area contributed by atoms with Crippen LogP contribution in [0.5, 0.6) is 5.75 Å². The highest BCUT2D eigenvalue weighted by Crippen LogP contribution is 2.33. The monoisotopic (exact) mass is 265 g/mol. The molecule has 2 rings (SSSR count). The summed E-state index contributed by atoms with van der Waals surface area (Å²) in [4.78, 5) is 23.8. The molecule has 0 fully saturated rings. The first-order chi connectivity index (χ1) is 8.90. The number of fused-ring (bicyclic) bond motifs is 1. The maximum absolute atomic E-state index is 11.0. The fourth-order valence-corrected chi connectivity index (χ4v) is 1.93. The first kappa shape index (κ1) is 12.8. The number of aromatic nitrogens is 1. The number of carboxylic acids is 1. The minimum Gasteiger partial charge on any atom is -0.508 e. The zero-order chi connectivity index (χ0) is 14.2. The Morgan fingerprint density at radius 3 is 2.79 bits per heavy atom. The second-order valence-electron chi connectivity index (χ2n) is 4.11. The second-order valence-corrected chi connectivity index (χ2v) is 4.11. The van der Waals surface area contributed by atoms with E-state index in [1.165, 1.54) is 12.3 Å². The van der Waals surface area contributed by atoms with Crippen LogP contribution in [0.2, 0.25) is 0 Å². The van der Waals surface area contributed by atoms with Crippen molar-refractivity contribution < 1.29 is 19.9 Å². The van der Waals surface area contributed by atoms with Crippen LogP contribution in [0.15, 0.2) is 18.3 Å². The summed E-state index contributed by atoms with van der Waals surface area (Å²) in [6.07, 6.45) is 1.42. The minimum absolute atomic E-state index is 0.0407. The molecule has 19 heavy (non-hydrogen) atoms. The molecule has 8 nitrogen and oxygen atoms in total. The third-order valence-electron chi connectivity index (χ3n) is 2.78. The van der Waals surface area contributed by atoms with Crippen LogP contribution in [-0.2, 0) is 11.2 Å². The van der Waals surface area contributed by atoms with Crippen molar-refractivity contribution in [1.29, 1.82) is 0 Å². The van der Waals surface area contributed by atoms with Gasteiger partial charge < -0.3 is 20.9 Å². The molecule has 0 spiro atoms. The Morgan fingerprint density at radius 1 is 1.53 bits per heavy atom. The van der Waals surface area contributed by atoms with Gasteiger partial charge in [0.15, 0.2) is 0 Å². The number of H-pyrrole nitrogens is 1. The Labute approximate surface area is 106 Å². The SMILES string of the molecule is N[C@@H](Cc1c[nH]c2cc(O)cc([N+](=O)[O-])c12)C(=O)O. The zero-order valence-electron chi connectivity index (χ0n) is 9.66. The molecule has 0 saturated carbocycles. The second kappa shape index (κ2) is 4.58.